The molecule has 0 aromatic heterocycles. The second kappa shape index (κ2) is 15.2. The molecule has 2 fully saturated rings. The summed E-state index contributed by atoms with van der Waals surface area (Å²) in [6, 6.07) is 5.04. The number of rotatable bonds is 17. The van der Waals surface area contributed by atoms with E-state index in [0.717, 1.165) is 24.8 Å². The van der Waals surface area contributed by atoms with Crippen LogP contribution in [0.5, 0.6) is 5.75 Å². The third-order valence-electron chi connectivity index (χ3n) is 8.55. The molecule has 5 atom stereocenters. The van der Waals surface area contributed by atoms with E-state index in [2.05, 4.69) is 11.4 Å². The normalized spacial score (nSPS) is 23.0. The smallest absolute Gasteiger partial charge is 0.226 e. The Morgan fingerprint density at radius 2 is 1.79 bits per heavy atom. The van der Waals surface area contributed by atoms with Crippen molar-refractivity contribution in [2.24, 2.45) is 11.8 Å². The number of Topliss-reactive ketones (excluding diaryl/α,β-unsaturated/α-hetero) is 3. The van der Waals surface area contributed by atoms with Gasteiger partial charge < -0.3 is 29.7 Å². The summed E-state index contributed by atoms with van der Waals surface area (Å²) in [4.78, 5) is 55.3. The zero-order valence-corrected chi connectivity index (χ0v) is 25.1. The first-order valence-electron chi connectivity index (χ1n) is 15.1. The van der Waals surface area contributed by atoms with E-state index in [1.54, 1.807) is 31.2 Å². The van der Waals surface area contributed by atoms with E-state index in [9.17, 15) is 29.4 Å². The average Bonchev–Trinajstić information content (AvgIpc) is 3.56. The van der Waals surface area contributed by atoms with Gasteiger partial charge in [-0.25, -0.2) is 0 Å². The quantitative estimate of drug-likeness (QED) is 0.177. The van der Waals surface area contributed by atoms with Gasteiger partial charge in [-0.15, -0.1) is 0 Å². The van der Waals surface area contributed by atoms with Crippen molar-refractivity contribution >= 4 is 23.3 Å². The van der Waals surface area contributed by atoms with Crippen LogP contribution in [-0.4, -0.2) is 103 Å². The Bertz CT molecular complexity index is 1170. The number of ether oxygens (including phenoxy) is 3. The first kappa shape index (κ1) is 32.9. The molecular formula is C32H44N2O9. The fourth-order valence-corrected chi connectivity index (χ4v) is 5.74. The van der Waals surface area contributed by atoms with E-state index in [-0.39, 0.29) is 31.0 Å². The summed E-state index contributed by atoms with van der Waals surface area (Å²) >= 11 is 0. The van der Waals surface area contributed by atoms with Crippen LogP contribution < -0.4 is 10.1 Å². The fourth-order valence-electron chi connectivity index (χ4n) is 5.74. The first-order valence-corrected chi connectivity index (χ1v) is 15.1. The maximum atomic E-state index is 13.9. The molecule has 2 heterocycles. The average molecular weight is 601 g/mol. The van der Waals surface area contributed by atoms with Crippen LogP contribution >= 0.6 is 0 Å². The fraction of sp³-hybridized carbons (Fsp3) is 0.625. The summed E-state index contributed by atoms with van der Waals surface area (Å²) in [5, 5.41) is 24.0. The first-order chi connectivity index (χ1) is 20.6. The summed E-state index contributed by atoms with van der Waals surface area (Å²) < 4.78 is 15.9. The molecule has 2 aliphatic heterocycles. The predicted molar refractivity (Wildman–Crippen MR) is 156 cm³/mol. The summed E-state index contributed by atoms with van der Waals surface area (Å²) in [6.07, 6.45) is 3.45. The van der Waals surface area contributed by atoms with Gasteiger partial charge in [0.15, 0.2) is 11.6 Å². The Kier molecular flexibility index (Phi) is 11.6. The van der Waals surface area contributed by atoms with Gasteiger partial charge in [-0.3, -0.25) is 24.1 Å². The molecule has 2 saturated heterocycles. The highest BCUT2D eigenvalue weighted by molar-refractivity contribution is 5.98. The molecule has 3 N–H and O–H groups in total. The van der Waals surface area contributed by atoms with Crippen molar-refractivity contribution in [2.75, 3.05) is 53.2 Å². The van der Waals surface area contributed by atoms with E-state index >= 15 is 0 Å². The van der Waals surface area contributed by atoms with Gasteiger partial charge >= 0.3 is 0 Å². The Morgan fingerprint density at radius 1 is 1.09 bits per heavy atom. The molecular weight excluding hydrogens is 556 g/mol. The van der Waals surface area contributed by atoms with Crippen LogP contribution in [0.1, 0.15) is 57.1 Å². The van der Waals surface area contributed by atoms with Crippen molar-refractivity contribution in [1.29, 1.82) is 0 Å². The highest BCUT2D eigenvalue weighted by atomic mass is 16.6. The Hall–Kier alpha value is -2.96. The van der Waals surface area contributed by atoms with E-state index in [1.807, 2.05) is 4.90 Å². The number of morpholine rings is 1. The van der Waals surface area contributed by atoms with Crippen molar-refractivity contribution < 1.29 is 43.6 Å². The standard InChI is InChI=1S/C32H44N2O9/c1-32(20-43-32)30(39)23(15-21-5-3-4-6-21)17-27(37)28(29(38)22-7-9-26(41-2)10-8-22)33-31(40)24(19-35)16-25(36)18-34-11-13-42-14-12-34/h5,7-10,23-24,28-29,35,38H,3-4,6,11-20H2,1-2H3,(H,33,40). The van der Waals surface area contributed by atoms with E-state index < -0.39 is 47.9 Å². The van der Waals surface area contributed by atoms with Crippen LogP contribution in [-0.2, 0) is 28.7 Å². The molecule has 0 spiro atoms. The molecule has 1 aromatic carbocycles. The third kappa shape index (κ3) is 9.02. The lowest BCUT2D eigenvalue weighted by Gasteiger charge is -2.28. The summed E-state index contributed by atoms with van der Waals surface area (Å²) in [7, 11) is 1.51. The minimum Gasteiger partial charge on any atom is -0.497 e. The van der Waals surface area contributed by atoms with Gasteiger partial charge in [0.1, 0.15) is 29.3 Å². The number of amides is 1. The molecule has 1 amide bonds. The number of aliphatic hydroxyl groups is 2. The number of aliphatic hydroxyl groups excluding tert-OH is 2. The summed E-state index contributed by atoms with van der Waals surface area (Å²) in [5.41, 5.74) is 0.549. The Morgan fingerprint density at radius 3 is 2.37 bits per heavy atom. The minimum atomic E-state index is -1.44. The zero-order chi connectivity index (χ0) is 31.0. The largest absolute Gasteiger partial charge is 0.497 e. The van der Waals surface area contributed by atoms with E-state index in [0.29, 0.717) is 50.6 Å². The molecule has 236 valence electrons. The van der Waals surface area contributed by atoms with Crippen molar-refractivity contribution in [1.82, 2.24) is 10.2 Å². The monoisotopic (exact) mass is 600 g/mol. The van der Waals surface area contributed by atoms with Crippen LogP contribution in [0.15, 0.2) is 35.9 Å². The number of hydrogen-bond acceptors (Lipinski definition) is 10. The van der Waals surface area contributed by atoms with Crippen molar-refractivity contribution in [2.45, 2.75) is 63.2 Å². The second-order valence-corrected chi connectivity index (χ2v) is 11.9. The van der Waals surface area contributed by atoms with Gasteiger partial charge in [-0.1, -0.05) is 23.8 Å². The Balaban J connectivity index is 1.51. The molecule has 11 nitrogen and oxygen atoms in total. The molecule has 0 radical (unpaired) electrons. The van der Waals surface area contributed by atoms with Gasteiger partial charge in [-0.2, -0.15) is 0 Å². The van der Waals surface area contributed by atoms with Crippen LogP contribution in [0.4, 0.5) is 0 Å². The van der Waals surface area contributed by atoms with Crippen LogP contribution in [0.3, 0.4) is 0 Å². The molecule has 4 rings (SSSR count). The number of carbonyl (C=O) groups is 4. The maximum absolute atomic E-state index is 13.9. The molecule has 3 aliphatic rings. The number of nitrogens with one attached hydrogen (secondary N) is 1. The number of epoxide rings is 1. The van der Waals surface area contributed by atoms with Gasteiger partial charge in [0.25, 0.3) is 0 Å². The summed E-state index contributed by atoms with van der Waals surface area (Å²) in [6.45, 7) is 3.78. The van der Waals surface area contributed by atoms with Gasteiger partial charge in [0.2, 0.25) is 5.91 Å². The molecule has 0 bridgehead atoms. The molecule has 1 aliphatic carbocycles. The lowest BCUT2D eigenvalue weighted by molar-refractivity contribution is -0.137. The second-order valence-electron chi connectivity index (χ2n) is 11.9. The molecule has 0 saturated carbocycles. The molecule has 1 aromatic rings. The van der Waals surface area contributed by atoms with E-state index in [1.165, 1.54) is 7.11 Å². The highest BCUT2D eigenvalue weighted by Gasteiger charge is 2.50. The number of allylic oxidation sites excluding steroid dienone is 2. The predicted octanol–water partition coefficient (Wildman–Crippen LogP) is 1.55. The Labute approximate surface area is 252 Å². The number of methoxy groups -OCH3 is 1. The number of carbonyl (C=O) groups excluding carboxylic acids is 4. The maximum Gasteiger partial charge on any atom is 0.226 e. The number of nitrogens with zero attached hydrogens (tertiary/aromatic N) is 1. The molecule has 5 unspecified atom stereocenters. The third-order valence-corrected chi connectivity index (χ3v) is 8.55. The van der Waals surface area contributed by atoms with Crippen molar-refractivity contribution in [3.8, 4) is 5.75 Å². The van der Waals surface area contributed by atoms with Gasteiger partial charge in [0.05, 0.1) is 46.0 Å². The zero-order valence-electron chi connectivity index (χ0n) is 25.1. The molecule has 43 heavy (non-hydrogen) atoms. The minimum absolute atomic E-state index is 0.129. The van der Waals surface area contributed by atoms with Crippen LogP contribution in [0.25, 0.3) is 0 Å². The lowest BCUT2D eigenvalue weighted by Crippen LogP contribution is -2.49. The number of ketones is 3. The topological polar surface area (TPSA) is 155 Å². The number of hydrogen-bond donors (Lipinski definition) is 3. The SMILES string of the molecule is COc1ccc(C(O)C(NC(=O)C(CO)CC(=O)CN2CCOCC2)C(=O)CC(CC2=CCCC2)C(=O)C2(C)CO2)cc1. The van der Waals surface area contributed by atoms with Crippen molar-refractivity contribution in [3.63, 3.8) is 0 Å². The van der Waals surface area contributed by atoms with E-state index in [4.69, 9.17) is 14.2 Å². The lowest BCUT2D eigenvalue weighted by atomic mass is 9.82. The van der Waals surface area contributed by atoms with Crippen LogP contribution in [0.2, 0.25) is 0 Å². The van der Waals surface area contributed by atoms with Crippen molar-refractivity contribution in [3.05, 3.63) is 41.5 Å². The van der Waals surface area contributed by atoms with Gasteiger partial charge in [0, 0.05) is 31.8 Å². The van der Waals surface area contributed by atoms with Gasteiger partial charge in [-0.05, 0) is 50.3 Å². The highest BCUT2D eigenvalue weighted by Crippen LogP contribution is 2.36. The number of benzene rings is 1. The van der Waals surface area contributed by atoms with Crippen LogP contribution in [0, 0.1) is 11.8 Å². The summed E-state index contributed by atoms with van der Waals surface area (Å²) in [5.74, 6) is -2.85. The molecule has 11 heteroatoms.